The van der Waals surface area contributed by atoms with Crippen LogP contribution in [0.1, 0.15) is 11.1 Å². The van der Waals surface area contributed by atoms with Gasteiger partial charge in [-0.15, -0.1) is 0 Å². The van der Waals surface area contributed by atoms with E-state index in [1.54, 1.807) is 42.5 Å². The van der Waals surface area contributed by atoms with Crippen molar-refractivity contribution in [2.75, 3.05) is 0 Å². The number of carbonyl (C=O) groups excluding carboxylic acids is 1. The van der Waals surface area contributed by atoms with Crippen LogP contribution in [0.25, 0.3) is 6.08 Å². The Balaban J connectivity index is 2.16. The van der Waals surface area contributed by atoms with Crippen LogP contribution in [0.3, 0.4) is 0 Å². The Kier molecular flexibility index (Phi) is 6.10. The van der Waals surface area contributed by atoms with E-state index in [9.17, 15) is 4.79 Å². The zero-order valence-electron chi connectivity index (χ0n) is 12.2. The minimum absolute atomic E-state index is 0.160. The van der Waals surface area contributed by atoms with E-state index in [0.717, 1.165) is 5.56 Å². The van der Waals surface area contributed by atoms with Crippen molar-refractivity contribution in [3.8, 4) is 11.8 Å². The van der Waals surface area contributed by atoms with Gasteiger partial charge in [-0.2, -0.15) is 5.26 Å². The molecule has 0 aliphatic rings. The average molecular weight is 382 g/mol. The third-order valence-electron chi connectivity index (χ3n) is 3.05. The molecule has 4 nitrogen and oxygen atoms in total. The Bertz CT molecular complexity index is 857. The molecule has 7 heteroatoms. The van der Waals surface area contributed by atoms with Gasteiger partial charge in [0.05, 0.1) is 5.02 Å². The summed E-state index contributed by atoms with van der Waals surface area (Å²) in [5.74, 6) is -0.358. The number of carbonyl (C=O) groups is 1. The van der Waals surface area contributed by atoms with Crippen LogP contribution >= 0.6 is 34.8 Å². The van der Waals surface area contributed by atoms with E-state index in [4.69, 9.17) is 50.5 Å². The lowest BCUT2D eigenvalue weighted by molar-refractivity contribution is -0.114. The van der Waals surface area contributed by atoms with Crippen molar-refractivity contribution in [1.29, 1.82) is 5.26 Å². The monoisotopic (exact) mass is 380 g/mol. The molecule has 0 unspecified atom stereocenters. The molecule has 2 rings (SSSR count). The normalized spacial score (nSPS) is 11.0. The maximum atomic E-state index is 11.1. The largest absolute Gasteiger partial charge is 0.487 e. The molecule has 2 aromatic rings. The highest BCUT2D eigenvalue weighted by molar-refractivity contribution is 6.35. The van der Waals surface area contributed by atoms with Gasteiger partial charge in [0.1, 0.15) is 24.0 Å². The van der Waals surface area contributed by atoms with Crippen LogP contribution in [-0.2, 0) is 11.4 Å². The van der Waals surface area contributed by atoms with Gasteiger partial charge in [0.25, 0.3) is 5.91 Å². The highest BCUT2D eigenvalue weighted by Crippen LogP contribution is 2.28. The lowest BCUT2D eigenvalue weighted by Gasteiger charge is -2.10. The molecule has 0 aliphatic heterocycles. The second-order valence-corrected chi connectivity index (χ2v) is 6.00. The summed E-state index contributed by atoms with van der Waals surface area (Å²) in [5.41, 5.74) is 6.26. The average Bonchev–Trinajstić information content (AvgIpc) is 2.53. The molecule has 0 aliphatic carbocycles. The summed E-state index contributed by atoms with van der Waals surface area (Å²) in [6, 6.07) is 11.7. The van der Waals surface area contributed by atoms with E-state index in [1.807, 2.05) is 0 Å². The van der Waals surface area contributed by atoms with Crippen LogP contribution in [0.15, 0.2) is 42.0 Å². The fourth-order valence-electron chi connectivity index (χ4n) is 1.84. The van der Waals surface area contributed by atoms with Gasteiger partial charge in [0.2, 0.25) is 0 Å². The van der Waals surface area contributed by atoms with E-state index < -0.39 is 5.91 Å². The molecular formula is C17H11Cl3N2O2. The maximum Gasteiger partial charge on any atom is 0.259 e. The Hall–Kier alpha value is -2.19. The van der Waals surface area contributed by atoms with Gasteiger partial charge in [0.15, 0.2) is 0 Å². The molecule has 0 saturated heterocycles. The number of nitrogens with two attached hydrogens (primary N) is 1. The molecule has 2 aromatic carbocycles. The summed E-state index contributed by atoms with van der Waals surface area (Å²) >= 11 is 18.1. The van der Waals surface area contributed by atoms with Gasteiger partial charge < -0.3 is 10.5 Å². The van der Waals surface area contributed by atoms with Crippen LogP contribution in [0.4, 0.5) is 0 Å². The van der Waals surface area contributed by atoms with Gasteiger partial charge >= 0.3 is 0 Å². The number of nitrogens with zero attached hydrogens (tertiary/aromatic N) is 1. The lowest BCUT2D eigenvalue weighted by Crippen LogP contribution is -2.12. The molecule has 0 spiro atoms. The fourth-order valence-corrected chi connectivity index (χ4v) is 2.55. The molecule has 0 radical (unpaired) electrons. The third kappa shape index (κ3) is 4.65. The molecule has 2 N–H and O–H groups in total. The highest BCUT2D eigenvalue weighted by Gasteiger charge is 2.08. The Labute approximate surface area is 154 Å². The number of amides is 1. The van der Waals surface area contributed by atoms with Crippen LogP contribution in [0.2, 0.25) is 15.1 Å². The number of ether oxygens (including phenoxy) is 1. The number of hydrogen-bond acceptors (Lipinski definition) is 3. The van der Waals surface area contributed by atoms with Crippen LogP contribution in [0, 0.1) is 11.3 Å². The number of halogens is 3. The van der Waals surface area contributed by atoms with Crippen molar-refractivity contribution in [2.45, 2.75) is 6.61 Å². The summed E-state index contributed by atoms with van der Waals surface area (Å²) < 4.78 is 5.64. The molecule has 0 atom stereocenters. The van der Waals surface area contributed by atoms with Crippen LogP contribution in [-0.4, -0.2) is 5.91 Å². The Morgan fingerprint density at radius 3 is 2.50 bits per heavy atom. The second-order valence-electron chi connectivity index (χ2n) is 4.75. The smallest absolute Gasteiger partial charge is 0.259 e. The summed E-state index contributed by atoms with van der Waals surface area (Å²) in [6.45, 7) is 0.218. The molecule has 1 amide bonds. The predicted molar refractivity (Wildman–Crippen MR) is 95.0 cm³/mol. The number of hydrogen-bond donors (Lipinski definition) is 1. The van der Waals surface area contributed by atoms with Gasteiger partial charge in [-0.05, 0) is 35.9 Å². The first-order valence-electron chi connectivity index (χ1n) is 6.68. The van der Waals surface area contributed by atoms with Gasteiger partial charge in [0, 0.05) is 15.6 Å². The van der Waals surface area contributed by atoms with E-state index >= 15 is 0 Å². The Morgan fingerprint density at radius 1 is 1.17 bits per heavy atom. The SMILES string of the molecule is N#C/C(=C\c1ccc(OCc2ccc(Cl)cc2Cl)c(Cl)c1)C(N)=O. The second kappa shape index (κ2) is 8.07. The first-order valence-corrected chi connectivity index (χ1v) is 7.82. The molecule has 0 fully saturated rings. The van der Waals surface area contributed by atoms with E-state index in [0.29, 0.717) is 26.4 Å². The summed E-state index contributed by atoms with van der Waals surface area (Å²) in [5, 5.41) is 10.2. The Morgan fingerprint density at radius 2 is 1.92 bits per heavy atom. The van der Waals surface area contributed by atoms with Crippen molar-refractivity contribution in [1.82, 2.24) is 0 Å². The number of nitriles is 1. The zero-order valence-corrected chi connectivity index (χ0v) is 14.5. The van der Waals surface area contributed by atoms with E-state index in [1.165, 1.54) is 6.08 Å². The van der Waals surface area contributed by atoms with Crippen molar-refractivity contribution in [3.05, 3.63) is 68.2 Å². The molecule has 0 aromatic heterocycles. The minimum Gasteiger partial charge on any atom is -0.487 e. The summed E-state index contributed by atoms with van der Waals surface area (Å²) in [6.07, 6.45) is 1.36. The molecule has 0 saturated carbocycles. The highest BCUT2D eigenvalue weighted by atomic mass is 35.5. The lowest BCUT2D eigenvalue weighted by atomic mass is 10.1. The summed E-state index contributed by atoms with van der Waals surface area (Å²) in [7, 11) is 0. The fraction of sp³-hybridized carbons (Fsp3) is 0.0588. The standard InChI is InChI=1S/C17H11Cl3N2O2/c18-13-3-2-11(14(19)7-13)9-24-16-4-1-10(6-15(16)20)5-12(8-21)17(22)23/h1-7H,9H2,(H2,22,23)/b12-5+. The van der Waals surface area contributed by atoms with Crippen molar-refractivity contribution in [3.63, 3.8) is 0 Å². The molecular weight excluding hydrogens is 371 g/mol. The molecule has 0 bridgehead atoms. The van der Waals surface area contributed by atoms with Gasteiger partial charge in [-0.3, -0.25) is 4.79 Å². The van der Waals surface area contributed by atoms with E-state index in [-0.39, 0.29) is 12.2 Å². The van der Waals surface area contributed by atoms with Gasteiger partial charge in [-0.25, -0.2) is 0 Å². The van der Waals surface area contributed by atoms with Crippen molar-refractivity contribution in [2.24, 2.45) is 5.73 Å². The first kappa shape index (κ1) is 18.2. The van der Waals surface area contributed by atoms with Crippen LogP contribution in [0.5, 0.6) is 5.75 Å². The maximum absolute atomic E-state index is 11.1. The molecule has 0 heterocycles. The minimum atomic E-state index is -0.800. The quantitative estimate of drug-likeness (QED) is 0.606. The molecule has 122 valence electrons. The number of benzene rings is 2. The predicted octanol–water partition coefficient (Wildman–Crippen LogP) is 4.62. The topological polar surface area (TPSA) is 76.1 Å². The van der Waals surface area contributed by atoms with Gasteiger partial charge in [-0.1, -0.05) is 46.9 Å². The summed E-state index contributed by atoms with van der Waals surface area (Å²) in [4.78, 5) is 11.1. The number of rotatable bonds is 5. The molecule has 24 heavy (non-hydrogen) atoms. The third-order valence-corrected chi connectivity index (χ3v) is 3.93. The van der Waals surface area contributed by atoms with Crippen molar-refractivity contribution < 1.29 is 9.53 Å². The zero-order chi connectivity index (χ0) is 17.7. The van der Waals surface area contributed by atoms with Crippen LogP contribution < -0.4 is 10.5 Å². The van der Waals surface area contributed by atoms with Crippen molar-refractivity contribution >= 4 is 46.8 Å². The number of primary amides is 1. The van der Waals surface area contributed by atoms with E-state index in [2.05, 4.69) is 0 Å². The first-order chi connectivity index (χ1) is 11.4.